The van der Waals surface area contributed by atoms with E-state index in [0.29, 0.717) is 26.2 Å². The van der Waals surface area contributed by atoms with Gasteiger partial charge in [0.15, 0.2) is 0 Å². The number of aryl methyl sites for hydroxylation is 2. The third-order valence-corrected chi connectivity index (χ3v) is 7.97. The summed E-state index contributed by atoms with van der Waals surface area (Å²) in [5, 5.41) is 1.67. The summed E-state index contributed by atoms with van der Waals surface area (Å²) in [6, 6.07) is 7.53. The first kappa shape index (κ1) is 21.8. The van der Waals surface area contributed by atoms with Crippen LogP contribution in [0.3, 0.4) is 0 Å². The molecule has 0 bridgehead atoms. The zero-order valence-corrected chi connectivity index (χ0v) is 18.8. The zero-order valence-electron chi connectivity index (χ0n) is 17.2. The van der Waals surface area contributed by atoms with Gasteiger partial charge in [-0.1, -0.05) is 12.5 Å². The van der Waals surface area contributed by atoms with Crippen molar-refractivity contribution in [1.29, 1.82) is 0 Å². The van der Waals surface area contributed by atoms with E-state index in [9.17, 15) is 13.2 Å². The van der Waals surface area contributed by atoms with Gasteiger partial charge < -0.3 is 9.64 Å². The van der Waals surface area contributed by atoms with Crippen LogP contribution in [0.1, 0.15) is 40.1 Å². The van der Waals surface area contributed by atoms with E-state index in [1.165, 1.54) is 20.5 Å². The molecule has 1 aliphatic rings. The molecule has 1 amide bonds. The Labute approximate surface area is 177 Å². The van der Waals surface area contributed by atoms with Gasteiger partial charge >= 0.3 is 0 Å². The van der Waals surface area contributed by atoms with E-state index in [4.69, 9.17) is 4.74 Å². The van der Waals surface area contributed by atoms with Gasteiger partial charge in [0.1, 0.15) is 22.1 Å². The number of sulfonamides is 1. The second kappa shape index (κ2) is 9.28. The van der Waals surface area contributed by atoms with Gasteiger partial charge in [0.05, 0.1) is 6.54 Å². The Balaban J connectivity index is 1.65. The predicted molar refractivity (Wildman–Crippen MR) is 115 cm³/mol. The van der Waals surface area contributed by atoms with Crippen LogP contribution in [0.25, 0.3) is 0 Å². The molecule has 2 heterocycles. The Morgan fingerprint density at radius 1 is 1.14 bits per heavy atom. The summed E-state index contributed by atoms with van der Waals surface area (Å²) in [4.78, 5) is 14.8. The Morgan fingerprint density at radius 2 is 1.79 bits per heavy atom. The molecule has 0 atom stereocenters. The summed E-state index contributed by atoms with van der Waals surface area (Å²) in [5.41, 5.74) is 2.24. The highest BCUT2D eigenvalue weighted by Gasteiger charge is 2.31. The van der Waals surface area contributed by atoms with Crippen LogP contribution in [-0.4, -0.2) is 56.8 Å². The Bertz CT molecular complexity index is 943. The maximum atomic E-state index is 13.0. The van der Waals surface area contributed by atoms with Gasteiger partial charge in [0.2, 0.25) is 10.0 Å². The Hall–Kier alpha value is -1.90. The van der Waals surface area contributed by atoms with E-state index >= 15 is 0 Å². The van der Waals surface area contributed by atoms with Crippen molar-refractivity contribution in [1.82, 2.24) is 9.21 Å². The molecule has 6 nitrogen and oxygen atoms in total. The summed E-state index contributed by atoms with van der Waals surface area (Å²) >= 11 is 1.17. The molecule has 29 heavy (non-hydrogen) atoms. The summed E-state index contributed by atoms with van der Waals surface area (Å²) in [7, 11) is -1.97. The molecule has 0 unspecified atom stereocenters. The topological polar surface area (TPSA) is 66.9 Å². The molecule has 0 spiro atoms. The van der Waals surface area contributed by atoms with Gasteiger partial charge in [-0.15, -0.1) is 11.3 Å². The van der Waals surface area contributed by atoms with Crippen molar-refractivity contribution in [2.24, 2.45) is 0 Å². The molecule has 0 radical (unpaired) electrons. The van der Waals surface area contributed by atoms with Gasteiger partial charge in [-0.3, -0.25) is 4.79 Å². The molecule has 3 rings (SSSR count). The standard InChI is InChI=1S/C21H28N2O4S2/c1-16-13-17(2)15-18(14-16)27-11-10-22(3)21(24)20-19(7-12-28-20)29(25,26)23-8-5-4-6-9-23/h7,12-15H,4-6,8-11H2,1-3H3. The van der Waals surface area contributed by atoms with E-state index in [-0.39, 0.29) is 15.7 Å². The van der Waals surface area contributed by atoms with E-state index in [1.807, 2.05) is 26.0 Å². The minimum atomic E-state index is -3.64. The number of hydrogen-bond acceptors (Lipinski definition) is 5. The number of thiophene rings is 1. The number of ether oxygens (including phenoxy) is 1. The monoisotopic (exact) mass is 436 g/mol. The van der Waals surface area contributed by atoms with Gasteiger partial charge in [-0.2, -0.15) is 4.31 Å². The highest BCUT2D eigenvalue weighted by Crippen LogP contribution is 2.28. The molecule has 1 aromatic heterocycles. The van der Waals surface area contributed by atoms with Crippen LogP contribution >= 0.6 is 11.3 Å². The molecule has 2 aromatic rings. The lowest BCUT2D eigenvalue weighted by Crippen LogP contribution is -2.37. The van der Waals surface area contributed by atoms with Crippen LogP contribution in [0.15, 0.2) is 34.5 Å². The van der Waals surface area contributed by atoms with E-state index < -0.39 is 10.0 Å². The molecule has 1 aliphatic heterocycles. The lowest BCUT2D eigenvalue weighted by atomic mass is 10.1. The summed E-state index contributed by atoms with van der Waals surface area (Å²) < 4.78 is 33.3. The number of likely N-dealkylation sites (N-methyl/N-ethyl adjacent to an activating group) is 1. The Kier molecular flexibility index (Phi) is 6.97. The number of amides is 1. The van der Waals surface area contributed by atoms with Gasteiger partial charge in [-0.25, -0.2) is 8.42 Å². The molecule has 8 heteroatoms. The normalized spacial score (nSPS) is 15.3. The predicted octanol–water partition coefficient (Wildman–Crippen LogP) is 3.69. The molecular formula is C21H28N2O4S2. The van der Waals surface area contributed by atoms with Crippen molar-refractivity contribution in [3.8, 4) is 5.75 Å². The minimum Gasteiger partial charge on any atom is -0.492 e. The van der Waals surface area contributed by atoms with Crippen LogP contribution in [0.2, 0.25) is 0 Å². The number of carbonyl (C=O) groups excluding carboxylic acids is 1. The number of rotatable bonds is 7. The molecule has 1 fully saturated rings. The minimum absolute atomic E-state index is 0.122. The highest BCUT2D eigenvalue weighted by molar-refractivity contribution is 7.89. The SMILES string of the molecule is Cc1cc(C)cc(OCCN(C)C(=O)c2sccc2S(=O)(=O)N2CCCCC2)c1. The largest absolute Gasteiger partial charge is 0.492 e. The molecule has 0 saturated carbocycles. The first-order valence-corrected chi connectivity index (χ1v) is 12.2. The highest BCUT2D eigenvalue weighted by atomic mass is 32.2. The zero-order chi connectivity index (χ0) is 21.0. The first-order valence-electron chi connectivity index (χ1n) is 9.83. The van der Waals surface area contributed by atoms with E-state index in [1.54, 1.807) is 18.5 Å². The fourth-order valence-corrected chi connectivity index (χ4v) is 6.40. The first-order chi connectivity index (χ1) is 13.8. The van der Waals surface area contributed by atoms with Gasteiger partial charge in [0.25, 0.3) is 5.91 Å². The summed E-state index contributed by atoms with van der Waals surface area (Å²) in [6.45, 7) is 5.77. The van der Waals surface area contributed by atoms with Crippen LogP contribution < -0.4 is 4.74 Å². The molecule has 1 aromatic carbocycles. The van der Waals surface area contributed by atoms with Gasteiger partial charge in [0, 0.05) is 20.1 Å². The maximum Gasteiger partial charge on any atom is 0.265 e. The van der Waals surface area contributed by atoms with Gasteiger partial charge in [-0.05, 0) is 61.4 Å². The van der Waals surface area contributed by atoms with Crippen molar-refractivity contribution in [3.05, 3.63) is 45.6 Å². The fraction of sp³-hybridized carbons (Fsp3) is 0.476. The van der Waals surface area contributed by atoms with Crippen LogP contribution in [0, 0.1) is 13.8 Å². The quantitative estimate of drug-likeness (QED) is 0.664. The lowest BCUT2D eigenvalue weighted by molar-refractivity contribution is 0.0775. The Morgan fingerprint density at radius 3 is 2.45 bits per heavy atom. The average Bonchev–Trinajstić information content (AvgIpc) is 3.18. The summed E-state index contributed by atoms with van der Waals surface area (Å²) in [6.07, 6.45) is 2.77. The van der Waals surface area contributed by atoms with E-state index in [0.717, 1.165) is 36.1 Å². The van der Waals surface area contributed by atoms with Crippen molar-refractivity contribution in [2.45, 2.75) is 38.0 Å². The smallest absolute Gasteiger partial charge is 0.265 e. The van der Waals surface area contributed by atoms with Crippen molar-refractivity contribution < 1.29 is 17.9 Å². The average molecular weight is 437 g/mol. The maximum absolute atomic E-state index is 13.0. The molecule has 0 N–H and O–H groups in total. The van der Waals surface area contributed by atoms with Crippen LogP contribution in [0.4, 0.5) is 0 Å². The van der Waals surface area contributed by atoms with Crippen molar-refractivity contribution in [3.63, 3.8) is 0 Å². The molecule has 1 saturated heterocycles. The molecule has 0 aliphatic carbocycles. The number of piperidine rings is 1. The third kappa shape index (κ3) is 5.18. The fourth-order valence-electron chi connectivity index (χ4n) is 3.49. The number of hydrogen-bond donors (Lipinski definition) is 0. The molecular weight excluding hydrogens is 408 g/mol. The van der Waals surface area contributed by atoms with Crippen LogP contribution in [-0.2, 0) is 10.0 Å². The summed E-state index contributed by atoms with van der Waals surface area (Å²) in [5.74, 6) is 0.479. The third-order valence-electron chi connectivity index (χ3n) is 4.99. The van der Waals surface area contributed by atoms with E-state index in [2.05, 4.69) is 6.07 Å². The number of nitrogens with zero attached hydrogens (tertiary/aromatic N) is 2. The second-order valence-corrected chi connectivity index (χ2v) is 10.3. The number of benzene rings is 1. The lowest BCUT2D eigenvalue weighted by Gasteiger charge is -2.26. The number of carbonyl (C=O) groups is 1. The van der Waals surface area contributed by atoms with Crippen molar-refractivity contribution in [2.75, 3.05) is 33.3 Å². The second-order valence-electron chi connectivity index (χ2n) is 7.48. The van der Waals surface area contributed by atoms with Crippen LogP contribution in [0.5, 0.6) is 5.75 Å². The molecule has 158 valence electrons. The van der Waals surface area contributed by atoms with Crippen molar-refractivity contribution >= 4 is 27.3 Å².